The molecule has 0 aromatic heterocycles. The van der Waals surface area contributed by atoms with Gasteiger partial charge in [0.05, 0.1) is 6.54 Å². The maximum atomic E-state index is 11.6. The van der Waals surface area contributed by atoms with E-state index in [1.165, 1.54) is 12.8 Å². The lowest BCUT2D eigenvalue weighted by atomic mass is 10.2. The summed E-state index contributed by atoms with van der Waals surface area (Å²) in [5, 5.41) is 6.34. The topological polar surface area (TPSA) is 41.1 Å². The Bertz CT molecular complexity index is 205. The lowest BCUT2D eigenvalue weighted by Crippen LogP contribution is -2.42. The minimum atomic E-state index is 0.153. The number of thioether (sulfide) groups is 1. The summed E-state index contributed by atoms with van der Waals surface area (Å²) < 4.78 is 0. The van der Waals surface area contributed by atoms with E-state index in [2.05, 4.69) is 24.5 Å². The summed E-state index contributed by atoms with van der Waals surface area (Å²) in [4.78, 5) is 11.6. The first kappa shape index (κ1) is 13.8. The predicted molar refractivity (Wildman–Crippen MR) is 70.9 cm³/mol. The van der Waals surface area contributed by atoms with Crippen LogP contribution in [0.15, 0.2) is 0 Å². The number of carbonyl (C=O) groups is 1. The van der Waals surface area contributed by atoms with Crippen molar-refractivity contribution in [2.75, 3.05) is 18.1 Å². The standard InChI is InChI=1S/C12H24N2OS/c1-3-16-9-10(2)13-8-12(15)14-11-6-4-5-7-11/h10-11,13H,3-9H2,1-2H3,(H,14,15). The van der Waals surface area contributed by atoms with E-state index >= 15 is 0 Å². The molecule has 0 aromatic carbocycles. The Morgan fingerprint density at radius 1 is 1.44 bits per heavy atom. The monoisotopic (exact) mass is 244 g/mol. The van der Waals surface area contributed by atoms with Gasteiger partial charge in [0.25, 0.3) is 0 Å². The van der Waals surface area contributed by atoms with Crippen LogP contribution in [0, 0.1) is 0 Å². The molecule has 1 rings (SSSR count). The number of hydrogen-bond acceptors (Lipinski definition) is 3. The van der Waals surface area contributed by atoms with E-state index in [1.54, 1.807) is 0 Å². The molecule has 0 heterocycles. The fraction of sp³-hybridized carbons (Fsp3) is 0.917. The van der Waals surface area contributed by atoms with Crippen molar-refractivity contribution in [2.45, 2.75) is 51.6 Å². The number of hydrogen-bond donors (Lipinski definition) is 2. The highest BCUT2D eigenvalue weighted by molar-refractivity contribution is 7.99. The number of rotatable bonds is 7. The van der Waals surface area contributed by atoms with Crippen LogP contribution in [0.2, 0.25) is 0 Å². The van der Waals surface area contributed by atoms with Crippen molar-refractivity contribution in [1.29, 1.82) is 0 Å². The second kappa shape index (κ2) is 7.96. The highest BCUT2D eigenvalue weighted by Gasteiger charge is 2.16. The average Bonchev–Trinajstić information content (AvgIpc) is 2.76. The first-order chi connectivity index (χ1) is 7.72. The second-order valence-electron chi connectivity index (χ2n) is 4.49. The van der Waals surface area contributed by atoms with Crippen LogP contribution in [0.4, 0.5) is 0 Å². The molecule has 0 spiro atoms. The fourth-order valence-electron chi connectivity index (χ4n) is 1.97. The van der Waals surface area contributed by atoms with Gasteiger partial charge in [-0.05, 0) is 25.5 Å². The third-order valence-electron chi connectivity index (χ3n) is 2.90. The summed E-state index contributed by atoms with van der Waals surface area (Å²) >= 11 is 1.91. The third-order valence-corrected chi connectivity index (χ3v) is 4.05. The van der Waals surface area contributed by atoms with E-state index in [-0.39, 0.29) is 5.91 Å². The first-order valence-electron chi connectivity index (χ1n) is 6.33. The van der Waals surface area contributed by atoms with Crippen molar-refractivity contribution in [1.82, 2.24) is 10.6 Å². The molecular weight excluding hydrogens is 220 g/mol. The molecule has 0 saturated heterocycles. The molecule has 1 atom stereocenters. The van der Waals surface area contributed by atoms with E-state index in [9.17, 15) is 4.79 Å². The summed E-state index contributed by atoms with van der Waals surface area (Å²) in [6.45, 7) is 4.75. The molecule has 0 bridgehead atoms. The van der Waals surface area contributed by atoms with Crippen molar-refractivity contribution in [2.24, 2.45) is 0 Å². The Balaban J connectivity index is 2.04. The molecule has 94 valence electrons. The quantitative estimate of drug-likeness (QED) is 0.717. The van der Waals surface area contributed by atoms with Gasteiger partial charge in [-0.1, -0.05) is 19.8 Å². The molecule has 3 nitrogen and oxygen atoms in total. The Labute approximate surface area is 103 Å². The highest BCUT2D eigenvalue weighted by atomic mass is 32.2. The van der Waals surface area contributed by atoms with Gasteiger partial charge in [0.2, 0.25) is 5.91 Å². The van der Waals surface area contributed by atoms with Gasteiger partial charge in [-0.15, -0.1) is 0 Å². The molecule has 16 heavy (non-hydrogen) atoms. The van der Waals surface area contributed by atoms with Gasteiger partial charge in [0.1, 0.15) is 0 Å². The van der Waals surface area contributed by atoms with E-state index < -0.39 is 0 Å². The molecule has 0 aromatic rings. The maximum absolute atomic E-state index is 11.6. The van der Waals surface area contributed by atoms with E-state index in [1.807, 2.05) is 11.8 Å². The Morgan fingerprint density at radius 2 is 2.12 bits per heavy atom. The third kappa shape index (κ3) is 5.75. The molecule has 1 fully saturated rings. The number of carbonyl (C=O) groups excluding carboxylic acids is 1. The molecule has 1 amide bonds. The van der Waals surface area contributed by atoms with Crippen LogP contribution < -0.4 is 10.6 Å². The lowest BCUT2D eigenvalue weighted by molar-refractivity contribution is -0.121. The normalized spacial score (nSPS) is 18.6. The molecule has 1 unspecified atom stereocenters. The second-order valence-corrected chi connectivity index (χ2v) is 5.81. The summed E-state index contributed by atoms with van der Waals surface area (Å²) in [5.74, 6) is 2.37. The zero-order chi connectivity index (χ0) is 11.8. The van der Waals surface area contributed by atoms with Gasteiger partial charge in [0.15, 0.2) is 0 Å². The SMILES string of the molecule is CCSCC(C)NCC(=O)NC1CCCC1. The van der Waals surface area contributed by atoms with Crippen LogP contribution in [0.3, 0.4) is 0 Å². The molecule has 0 aliphatic heterocycles. The van der Waals surface area contributed by atoms with Crippen LogP contribution >= 0.6 is 11.8 Å². The fourth-order valence-corrected chi connectivity index (χ4v) is 2.68. The summed E-state index contributed by atoms with van der Waals surface area (Å²) in [6, 6.07) is 0.855. The van der Waals surface area contributed by atoms with Crippen LogP contribution in [0.25, 0.3) is 0 Å². The number of nitrogens with one attached hydrogen (secondary N) is 2. The van der Waals surface area contributed by atoms with Crippen LogP contribution in [-0.2, 0) is 4.79 Å². The first-order valence-corrected chi connectivity index (χ1v) is 7.48. The summed E-state index contributed by atoms with van der Waals surface area (Å²) in [6.07, 6.45) is 4.85. The summed E-state index contributed by atoms with van der Waals surface area (Å²) in [7, 11) is 0. The summed E-state index contributed by atoms with van der Waals surface area (Å²) in [5.41, 5.74) is 0. The van der Waals surface area contributed by atoms with Gasteiger partial charge in [0, 0.05) is 17.8 Å². The molecule has 1 aliphatic rings. The van der Waals surface area contributed by atoms with E-state index in [0.717, 1.165) is 24.3 Å². The van der Waals surface area contributed by atoms with Gasteiger partial charge in [-0.3, -0.25) is 4.79 Å². The van der Waals surface area contributed by atoms with Gasteiger partial charge in [-0.25, -0.2) is 0 Å². The Kier molecular flexibility index (Phi) is 6.88. The van der Waals surface area contributed by atoms with Crippen molar-refractivity contribution in [3.63, 3.8) is 0 Å². The van der Waals surface area contributed by atoms with Crippen LogP contribution in [-0.4, -0.2) is 36.0 Å². The number of amides is 1. The Hall–Kier alpha value is -0.220. The zero-order valence-electron chi connectivity index (χ0n) is 10.4. The van der Waals surface area contributed by atoms with Gasteiger partial charge >= 0.3 is 0 Å². The van der Waals surface area contributed by atoms with Gasteiger partial charge in [-0.2, -0.15) is 11.8 Å². The van der Waals surface area contributed by atoms with Gasteiger partial charge < -0.3 is 10.6 Å². The molecule has 1 saturated carbocycles. The largest absolute Gasteiger partial charge is 0.352 e. The minimum Gasteiger partial charge on any atom is -0.352 e. The van der Waals surface area contributed by atoms with Crippen LogP contribution in [0.5, 0.6) is 0 Å². The molecule has 4 heteroatoms. The highest BCUT2D eigenvalue weighted by Crippen LogP contribution is 2.17. The van der Waals surface area contributed by atoms with Crippen molar-refractivity contribution >= 4 is 17.7 Å². The smallest absolute Gasteiger partial charge is 0.234 e. The molecular formula is C12H24N2OS. The van der Waals surface area contributed by atoms with Crippen molar-refractivity contribution in [3.05, 3.63) is 0 Å². The predicted octanol–water partition coefficient (Wildman–Crippen LogP) is 1.78. The lowest BCUT2D eigenvalue weighted by Gasteiger charge is -2.15. The molecule has 1 aliphatic carbocycles. The average molecular weight is 244 g/mol. The van der Waals surface area contributed by atoms with Crippen molar-refractivity contribution < 1.29 is 4.79 Å². The zero-order valence-corrected chi connectivity index (χ0v) is 11.2. The molecule has 2 N–H and O–H groups in total. The maximum Gasteiger partial charge on any atom is 0.234 e. The van der Waals surface area contributed by atoms with Crippen LogP contribution in [0.1, 0.15) is 39.5 Å². The molecule has 0 radical (unpaired) electrons. The van der Waals surface area contributed by atoms with E-state index in [0.29, 0.717) is 18.6 Å². The van der Waals surface area contributed by atoms with Crippen molar-refractivity contribution in [3.8, 4) is 0 Å². The minimum absolute atomic E-state index is 0.153. The van der Waals surface area contributed by atoms with E-state index in [4.69, 9.17) is 0 Å². The Morgan fingerprint density at radius 3 is 2.75 bits per heavy atom.